The Kier molecular flexibility index (Phi) is 3.08. The Labute approximate surface area is 111 Å². The van der Waals surface area contributed by atoms with Crippen LogP contribution >= 0.6 is 0 Å². The van der Waals surface area contributed by atoms with Crippen LogP contribution in [0.4, 0.5) is 0 Å². The molecule has 0 spiro atoms. The van der Waals surface area contributed by atoms with Gasteiger partial charge in [0, 0.05) is 29.6 Å². The number of hydrogen-bond donors (Lipinski definition) is 1. The van der Waals surface area contributed by atoms with Crippen LogP contribution in [0.15, 0.2) is 18.6 Å². The van der Waals surface area contributed by atoms with E-state index in [0.717, 1.165) is 30.5 Å². The van der Waals surface area contributed by atoms with Crippen LogP contribution < -0.4 is 10.5 Å². The van der Waals surface area contributed by atoms with E-state index >= 15 is 0 Å². The van der Waals surface area contributed by atoms with E-state index in [1.165, 1.54) is 6.33 Å². The van der Waals surface area contributed by atoms with Gasteiger partial charge in [-0.15, -0.1) is 0 Å². The van der Waals surface area contributed by atoms with Crippen molar-refractivity contribution in [2.24, 2.45) is 5.73 Å². The molecule has 6 heteroatoms. The van der Waals surface area contributed by atoms with Crippen LogP contribution in [0, 0.1) is 0 Å². The van der Waals surface area contributed by atoms with Gasteiger partial charge in [-0.05, 0) is 19.3 Å². The van der Waals surface area contributed by atoms with E-state index in [4.69, 9.17) is 10.5 Å². The second-order valence-electron chi connectivity index (χ2n) is 4.54. The molecule has 0 saturated carbocycles. The average Bonchev–Trinajstić information content (AvgIpc) is 2.47. The number of methoxy groups -OCH3 is 1. The van der Waals surface area contributed by atoms with Crippen molar-refractivity contribution in [3.63, 3.8) is 0 Å². The van der Waals surface area contributed by atoms with Crippen molar-refractivity contribution >= 4 is 0 Å². The van der Waals surface area contributed by atoms with E-state index in [1.807, 2.05) is 6.20 Å². The SMILES string of the molecule is COc1cc(-c2ncc3c(n2)CCCC3N)ncn1. The summed E-state index contributed by atoms with van der Waals surface area (Å²) in [6.45, 7) is 0. The number of rotatable bonds is 2. The lowest BCUT2D eigenvalue weighted by atomic mass is 9.93. The third kappa shape index (κ3) is 2.26. The summed E-state index contributed by atoms with van der Waals surface area (Å²) in [4.78, 5) is 17.1. The van der Waals surface area contributed by atoms with Crippen molar-refractivity contribution in [1.82, 2.24) is 19.9 Å². The first kappa shape index (κ1) is 12.0. The molecule has 0 aromatic carbocycles. The van der Waals surface area contributed by atoms with Gasteiger partial charge in [-0.3, -0.25) is 0 Å². The molecule has 0 bridgehead atoms. The van der Waals surface area contributed by atoms with Crippen LogP contribution in [-0.4, -0.2) is 27.0 Å². The van der Waals surface area contributed by atoms with Gasteiger partial charge in [-0.1, -0.05) is 0 Å². The molecule has 2 heterocycles. The van der Waals surface area contributed by atoms with Gasteiger partial charge in [0.2, 0.25) is 5.88 Å². The Morgan fingerprint density at radius 2 is 2.21 bits per heavy atom. The molecule has 2 aromatic rings. The van der Waals surface area contributed by atoms with Crippen molar-refractivity contribution < 1.29 is 4.74 Å². The number of ether oxygens (including phenoxy) is 1. The normalized spacial score (nSPS) is 17.9. The molecule has 0 radical (unpaired) electrons. The maximum absolute atomic E-state index is 6.06. The summed E-state index contributed by atoms with van der Waals surface area (Å²) in [6, 6.07) is 1.78. The standard InChI is InChI=1S/C13H15N5O/c1-19-12-5-11(16-7-17-12)13-15-6-8-9(14)3-2-4-10(8)18-13/h5-7,9H,2-4,14H2,1H3. The lowest BCUT2D eigenvalue weighted by Gasteiger charge is -2.20. The van der Waals surface area contributed by atoms with Crippen LogP contribution in [0.1, 0.15) is 30.1 Å². The minimum absolute atomic E-state index is 0.0535. The predicted octanol–water partition coefficient (Wildman–Crippen LogP) is 1.28. The summed E-state index contributed by atoms with van der Waals surface area (Å²) in [5.41, 5.74) is 8.80. The van der Waals surface area contributed by atoms with E-state index in [0.29, 0.717) is 17.4 Å². The van der Waals surface area contributed by atoms with Gasteiger partial charge in [0.25, 0.3) is 0 Å². The number of nitrogens with zero attached hydrogens (tertiary/aromatic N) is 4. The monoisotopic (exact) mass is 257 g/mol. The molecule has 3 rings (SSSR count). The van der Waals surface area contributed by atoms with Gasteiger partial charge in [-0.2, -0.15) is 0 Å². The van der Waals surface area contributed by atoms with Gasteiger partial charge in [0.1, 0.15) is 12.0 Å². The molecule has 2 N–H and O–H groups in total. The minimum atomic E-state index is 0.0535. The van der Waals surface area contributed by atoms with E-state index < -0.39 is 0 Å². The molecule has 0 saturated heterocycles. The average molecular weight is 257 g/mol. The first-order chi connectivity index (χ1) is 9.28. The molecular formula is C13H15N5O. The van der Waals surface area contributed by atoms with Gasteiger partial charge in [0.15, 0.2) is 5.82 Å². The second kappa shape index (κ2) is 4.89. The van der Waals surface area contributed by atoms with Crippen molar-refractivity contribution in [2.45, 2.75) is 25.3 Å². The number of nitrogens with two attached hydrogens (primary N) is 1. The molecular weight excluding hydrogens is 242 g/mol. The van der Waals surface area contributed by atoms with Crippen LogP contribution in [0.25, 0.3) is 11.5 Å². The van der Waals surface area contributed by atoms with Crippen molar-refractivity contribution in [1.29, 1.82) is 0 Å². The van der Waals surface area contributed by atoms with E-state index in [-0.39, 0.29) is 6.04 Å². The maximum atomic E-state index is 6.06. The molecule has 1 aliphatic carbocycles. The molecule has 0 aliphatic heterocycles. The topological polar surface area (TPSA) is 86.8 Å². The lowest BCUT2D eigenvalue weighted by molar-refractivity contribution is 0.397. The van der Waals surface area contributed by atoms with Crippen LogP contribution in [-0.2, 0) is 6.42 Å². The zero-order chi connectivity index (χ0) is 13.2. The van der Waals surface area contributed by atoms with Crippen LogP contribution in [0.3, 0.4) is 0 Å². The third-order valence-electron chi connectivity index (χ3n) is 3.31. The first-order valence-electron chi connectivity index (χ1n) is 6.25. The van der Waals surface area contributed by atoms with Gasteiger partial charge < -0.3 is 10.5 Å². The molecule has 0 fully saturated rings. The number of hydrogen-bond acceptors (Lipinski definition) is 6. The fourth-order valence-electron chi connectivity index (χ4n) is 2.28. The van der Waals surface area contributed by atoms with Gasteiger partial charge >= 0.3 is 0 Å². The highest BCUT2D eigenvalue weighted by molar-refractivity contribution is 5.50. The molecule has 1 unspecified atom stereocenters. The summed E-state index contributed by atoms with van der Waals surface area (Å²) in [5.74, 6) is 1.09. The molecule has 6 nitrogen and oxygen atoms in total. The quantitative estimate of drug-likeness (QED) is 0.872. The molecule has 19 heavy (non-hydrogen) atoms. The smallest absolute Gasteiger partial charge is 0.216 e. The van der Waals surface area contributed by atoms with E-state index in [9.17, 15) is 0 Å². The molecule has 1 aliphatic rings. The fraction of sp³-hybridized carbons (Fsp3) is 0.385. The summed E-state index contributed by atoms with van der Waals surface area (Å²) >= 11 is 0. The van der Waals surface area contributed by atoms with Gasteiger partial charge in [-0.25, -0.2) is 19.9 Å². The van der Waals surface area contributed by atoms with Gasteiger partial charge in [0.05, 0.1) is 7.11 Å². The van der Waals surface area contributed by atoms with E-state index in [2.05, 4.69) is 19.9 Å². The minimum Gasteiger partial charge on any atom is -0.481 e. The Bertz CT molecular complexity index is 601. The molecule has 0 amide bonds. The lowest BCUT2D eigenvalue weighted by Crippen LogP contribution is -2.19. The van der Waals surface area contributed by atoms with Crippen molar-refractivity contribution in [3.05, 3.63) is 29.8 Å². The summed E-state index contributed by atoms with van der Waals surface area (Å²) in [5, 5.41) is 0. The van der Waals surface area contributed by atoms with Crippen molar-refractivity contribution in [2.75, 3.05) is 7.11 Å². The highest BCUT2D eigenvalue weighted by Gasteiger charge is 2.19. The van der Waals surface area contributed by atoms with Crippen LogP contribution in [0.5, 0.6) is 5.88 Å². The first-order valence-corrected chi connectivity index (χ1v) is 6.25. The Morgan fingerprint density at radius 1 is 1.32 bits per heavy atom. The Morgan fingerprint density at radius 3 is 3.05 bits per heavy atom. The maximum Gasteiger partial charge on any atom is 0.216 e. The number of aryl methyl sites for hydroxylation is 1. The zero-order valence-electron chi connectivity index (χ0n) is 10.7. The van der Waals surface area contributed by atoms with Crippen molar-refractivity contribution in [3.8, 4) is 17.4 Å². The summed E-state index contributed by atoms with van der Waals surface area (Å²) in [7, 11) is 1.57. The molecule has 2 aromatic heterocycles. The Balaban J connectivity index is 2.01. The third-order valence-corrected chi connectivity index (χ3v) is 3.31. The predicted molar refractivity (Wildman–Crippen MR) is 69.5 cm³/mol. The summed E-state index contributed by atoms with van der Waals surface area (Å²) < 4.78 is 5.08. The molecule has 98 valence electrons. The molecule has 1 atom stereocenters. The summed E-state index contributed by atoms with van der Waals surface area (Å²) in [6.07, 6.45) is 6.27. The number of fused-ring (bicyclic) bond motifs is 1. The second-order valence-corrected chi connectivity index (χ2v) is 4.54. The fourth-order valence-corrected chi connectivity index (χ4v) is 2.28. The Hall–Kier alpha value is -2.08. The highest BCUT2D eigenvalue weighted by atomic mass is 16.5. The van der Waals surface area contributed by atoms with Crippen LogP contribution in [0.2, 0.25) is 0 Å². The largest absolute Gasteiger partial charge is 0.481 e. The van der Waals surface area contributed by atoms with E-state index in [1.54, 1.807) is 13.2 Å². The zero-order valence-corrected chi connectivity index (χ0v) is 10.7. The highest BCUT2D eigenvalue weighted by Crippen LogP contribution is 2.27. The number of aromatic nitrogens is 4.